The van der Waals surface area contributed by atoms with E-state index in [1.165, 1.54) is 33.1 Å². The number of fused-ring (bicyclic) bond motifs is 1. The minimum absolute atomic E-state index is 0.0137. The summed E-state index contributed by atoms with van der Waals surface area (Å²) in [5.74, 6) is 0. The Morgan fingerprint density at radius 2 is 2.00 bits per heavy atom. The van der Waals surface area contributed by atoms with E-state index in [4.69, 9.17) is 11.6 Å². The van der Waals surface area contributed by atoms with Gasteiger partial charge in [0.1, 0.15) is 5.01 Å². The van der Waals surface area contributed by atoms with E-state index in [9.17, 15) is 23.1 Å². The number of hydrogen-bond acceptors (Lipinski definition) is 6. The van der Waals surface area contributed by atoms with Gasteiger partial charge in [0.15, 0.2) is 6.23 Å². The van der Waals surface area contributed by atoms with Crippen molar-refractivity contribution in [2.45, 2.75) is 25.5 Å². The molecule has 0 bridgehead atoms. The number of nitrogens with zero attached hydrogens (tertiary/aromatic N) is 4. The number of carbonyl (C=O) groups is 1. The molecule has 0 radical (unpaired) electrons. The number of alkyl halides is 3. The monoisotopic (exact) mass is 536 g/mol. The van der Waals surface area contributed by atoms with Crippen LogP contribution in [0.1, 0.15) is 21.7 Å². The topological polar surface area (TPSA) is 71.2 Å². The number of carbonyl (C=O) groups excluding carboxylic acids is 1. The molecule has 35 heavy (non-hydrogen) atoms. The van der Waals surface area contributed by atoms with E-state index in [1.807, 2.05) is 0 Å². The number of aromatic nitrogens is 3. The first-order valence-corrected chi connectivity index (χ1v) is 12.3. The van der Waals surface area contributed by atoms with E-state index in [0.29, 0.717) is 15.8 Å². The lowest BCUT2D eigenvalue weighted by atomic mass is 10.1. The molecule has 1 saturated heterocycles. The number of halogens is 4. The van der Waals surface area contributed by atoms with Crippen LogP contribution in [0.2, 0.25) is 5.02 Å². The molecule has 1 atom stereocenters. The van der Waals surface area contributed by atoms with Crippen LogP contribution in [0.5, 0.6) is 0 Å². The third-order valence-electron chi connectivity index (χ3n) is 5.45. The molecule has 3 heterocycles. The molecule has 5 rings (SSSR count). The summed E-state index contributed by atoms with van der Waals surface area (Å²) >= 11 is 8.13. The maximum Gasteiger partial charge on any atom is 0.416 e. The van der Waals surface area contributed by atoms with Gasteiger partial charge in [-0.15, -0.1) is 11.3 Å². The van der Waals surface area contributed by atoms with Gasteiger partial charge in [-0.25, -0.2) is 4.98 Å². The number of amides is 1. The number of hydrogen-bond donors (Lipinski definition) is 1. The van der Waals surface area contributed by atoms with Crippen molar-refractivity contribution in [3.8, 4) is 0 Å². The van der Waals surface area contributed by atoms with Crippen molar-refractivity contribution in [2.24, 2.45) is 0 Å². The van der Waals surface area contributed by atoms with Gasteiger partial charge in [-0.3, -0.25) is 14.4 Å². The van der Waals surface area contributed by atoms with Gasteiger partial charge < -0.3 is 5.11 Å². The highest BCUT2D eigenvalue weighted by Gasteiger charge is 2.36. The highest BCUT2D eigenvalue weighted by atomic mass is 35.5. The van der Waals surface area contributed by atoms with Crippen LogP contribution in [0, 0.1) is 0 Å². The average Bonchev–Trinajstić information content (AvgIpc) is 3.52. The van der Waals surface area contributed by atoms with E-state index < -0.39 is 18.0 Å². The summed E-state index contributed by atoms with van der Waals surface area (Å²) in [7, 11) is 0. The Morgan fingerprint density at radius 1 is 1.17 bits per heavy atom. The number of thiazole rings is 1. The maximum absolute atomic E-state index is 13.5. The maximum atomic E-state index is 13.5. The van der Waals surface area contributed by atoms with Crippen molar-refractivity contribution in [2.75, 3.05) is 0 Å². The van der Waals surface area contributed by atoms with Gasteiger partial charge in [0.25, 0.3) is 5.24 Å². The summed E-state index contributed by atoms with van der Waals surface area (Å²) in [4.78, 5) is 18.4. The van der Waals surface area contributed by atoms with Crippen LogP contribution in [-0.2, 0) is 19.3 Å². The predicted octanol–water partition coefficient (Wildman–Crippen LogP) is 6.24. The van der Waals surface area contributed by atoms with Crippen molar-refractivity contribution in [3.63, 3.8) is 0 Å². The van der Waals surface area contributed by atoms with Crippen LogP contribution in [0.25, 0.3) is 17.0 Å². The molecule has 1 fully saturated rings. The highest BCUT2D eigenvalue weighted by molar-refractivity contribution is 8.17. The minimum Gasteiger partial charge on any atom is -0.369 e. The highest BCUT2D eigenvalue weighted by Crippen LogP contribution is 2.37. The smallest absolute Gasteiger partial charge is 0.369 e. The number of benzene rings is 2. The standard InChI is InChI=1S/C23H16ClF3N4O2S2/c24-16-3-2-14(17(9-16)23(25,26)27)11-31-18-4-1-13(7-15(18)10-29-31)8-19-21(32)30(22(33)35-19)12-20-28-5-6-34-20/h1-10,21,32H,11-12H2. The van der Waals surface area contributed by atoms with Crippen LogP contribution in [0.4, 0.5) is 18.0 Å². The molecular formula is C23H16ClF3N4O2S2. The molecule has 1 unspecified atom stereocenters. The second kappa shape index (κ2) is 9.30. The second-order valence-electron chi connectivity index (χ2n) is 7.76. The summed E-state index contributed by atoms with van der Waals surface area (Å²) in [6.45, 7) is 0.142. The quantitative estimate of drug-likeness (QED) is 0.327. The fourth-order valence-electron chi connectivity index (χ4n) is 3.79. The number of thioether (sulfide) groups is 1. The molecular weight excluding hydrogens is 521 g/mol. The summed E-state index contributed by atoms with van der Waals surface area (Å²) in [6, 6.07) is 9.01. The first-order chi connectivity index (χ1) is 16.7. The Labute approximate surface area is 210 Å². The lowest BCUT2D eigenvalue weighted by Gasteiger charge is -2.18. The molecule has 6 nitrogen and oxygen atoms in total. The largest absolute Gasteiger partial charge is 0.416 e. The lowest BCUT2D eigenvalue weighted by Crippen LogP contribution is -2.31. The van der Waals surface area contributed by atoms with E-state index in [0.717, 1.165) is 28.4 Å². The first-order valence-electron chi connectivity index (χ1n) is 10.3. The third-order valence-corrected chi connectivity index (χ3v) is 7.42. The SMILES string of the molecule is O=C1SC(=Cc2ccc3c(cnn3Cc3ccc(Cl)cc3C(F)(F)F)c2)C(O)N1Cc1nccs1. The molecule has 0 spiro atoms. The zero-order valence-corrected chi connectivity index (χ0v) is 20.1. The van der Waals surface area contributed by atoms with Crippen LogP contribution in [0.15, 0.2) is 59.1 Å². The van der Waals surface area contributed by atoms with Gasteiger partial charge in [-0.2, -0.15) is 18.3 Å². The lowest BCUT2D eigenvalue weighted by molar-refractivity contribution is -0.138. The van der Waals surface area contributed by atoms with Gasteiger partial charge >= 0.3 is 6.18 Å². The van der Waals surface area contributed by atoms with Gasteiger partial charge in [0.2, 0.25) is 0 Å². The Balaban J connectivity index is 1.39. The van der Waals surface area contributed by atoms with Crippen LogP contribution < -0.4 is 0 Å². The van der Waals surface area contributed by atoms with Crippen molar-refractivity contribution in [3.05, 3.63) is 85.8 Å². The molecule has 1 aliphatic rings. The van der Waals surface area contributed by atoms with Gasteiger partial charge in [-0.1, -0.05) is 23.7 Å². The first kappa shape index (κ1) is 23.9. The second-order valence-corrected chi connectivity index (χ2v) is 10.2. The van der Waals surface area contributed by atoms with Gasteiger partial charge in [0, 0.05) is 26.9 Å². The normalized spacial score (nSPS) is 17.7. The van der Waals surface area contributed by atoms with Crippen LogP contribution >= 0.6 is 34.7 Å². The van der Waals surface area contributed by atoms with Crippen LogP contribution in [-0.4, -0.2) is 36.2 Å². The number of aliphatic hydroxyl groups excluding tert-OH is 1. The van der Waals surface area contributed by atoms with Crippen molar-refractivity contribution < 1.29 is 23.1 Å². The molecule has 1 amide bonds. The van der Waals surface area contributed by atoms with Gasteiger partial charge in [0.05, 0.1) is 30.4 Å². The van der Waals surface area contributed by atoms with Gasteiger partial charge in [-0.05, 0) is 53.2 Å². The molecule has 1 N–H and O–H groups in total. The molecule has 2 aromatic carbocycles. The Kier molecular flexibility index (Phi) is 6.34. The number of rotatable bonds is 5. The van der Waals surface area contributed by atoms with Crippen LogP contribution in [0.3, 0.4) is 0 Å². The molecule has 4 aromatic rings. The molecule has 2 aromatic heterocycles. The van der Waals surface area contributed by atoms with E-state index in [1.54, 1.807) is 42.0 Å². The fourth-order valence-corrected chi connectivity index (χ4v) is 5.49. The predicted molar refractivity (Wildman–Crippen MR) is 130 cm³/mol. The Morgan fingerprint density at radius 3 is 2.74 bits per heavy atom. The number of aliphatic hydroxyl groups is 1. The van der Waals surface area contributed by atoms with Crippen molar-refractivity contribution >= 4 is 56.9 Å². The third kappa shape index (κ3) is 4.94. The Hall–Kier alpha value is -2.86. The molecule has 180 valence electrons. The van der Waals surface area contributed by atoms with E-state index >= 15 is 0 Å². The molecule has 0 saturated carbocycles. The zero-order chi connectivity index (χ0) is 24.7. The zero-order valence-electron chi connectivity index (χ0n) is 17.7. The fraction of sp³-hybridized carbons (Fsp3) is 0.174. The van der Waals surface area contributed by atoms with Crippen molar-refractivity contribution in [1.29, 1.82) is 0 Å². The van der Waals surface area contributed by atoms with E-state index in [2.05, 4.69) is 10.1 Å². The molecule has 12 heteroatoms. The summed E-state index contributed by atoms with van der Waals surface area (Å²) in [5.41, 5.74) is 0.637. The van der Waals surface area contributed by atoms with E-state index in [-0.39, 0.29) is 28.9 Å². The Bertz CT molecular complexity index is 1440. The summed E-state index contributed by atoms with van der Waals surface area (Å²) < 4.78 is 41.9. The molecule has 1 aliphatic heterocycles. The molecule has 0 aliphatic carbocycles. The average molecular weight is 537 g/mol. The minimum atomic E-state index is -4.53. The summed E-state index contributed by atoms with van der Waals surface area (Å²) in [5, 5.41) is 17.9. The van der Waals surface area contributed by atoms with Crippen molar-refractivity contribution in [1.82, 2.24) is 19.7 Å². The summed E-state index contributed by atoms with van der Waals surface area (Å²) in [6.07, 6.45) is -0.692.